The molecule has 130 valence electrons. The SMILES string of the molecule is N#Cc1cccc(NC(=O)C2CCCN(S(=O)(=O)c3cccs3)C2)c1. The van der Waals surface area contributed by atoms with E-state index in [-0.39, 0.29) is 12.5 Å². The van der Waals surface area contributed by atoms with E-state index in [4.69, 9.17) is 5.26 Å². The monoisotopic (exact) mass is 375 g/mol. The van der Waals surface area contributed by atoms with E-state index in [1.54, 1.807) is 41.8 Å². The Morgan fingerprint density at radius 3 is 2.88 bits per heavy atom. The molecule has 3 rings (SSSR count). The lowest BCUT2D eigenvalue weighted by atomic mass is 9.98. The molecule has 1 aromatic heterocycles. The number of amides is 1. The first-order valence-corrected chi connectivity index (χ1v) is 10.2. The molecule has 0 spiro atoms. The Morgan fingerprint density at radius 1 is 1.32 bits per heavy atom. The number of carbonyl (C=O) groups is 1. The van der Waals surface area contributed by atoms with Gasteiger partial charge in [-0.3, -0.25) is 4.79 Å². The number of carbonyl (C=O) groups excluding carboxylic acids is 1. The van der Waals surface area contributed by atoms with Gasteiger partial charge >= 0.3 is 0 Å². The summed E-state index contributed by atoms with van der Waals surface area (Å²) in [6.07, 6.45) is 1.28. The second-order valence-electron chi connectivity index (χ2n) is 5.82. The fraction of sp³-hybridized carbons (Fsp3) is 0.294. The summed E-state index contributed by atoms with van der Waals surface area (Å²) in [5.41, 5.74) is 1.01. The molecule has 0 aliphatic carbocycles. The van der Waals surface area contributed by atoms with Crippen LogP contribution in [0.3, 0.4) is 0 Å². The largest absolute Gasteiger partial charge is 0.326 e. The average molecular weight is 375 g/mol. The molecular formula is C17H17N3O3S2. The van der Waals surface area contributed by atoms with Gasteiger partial charge in [0.2, 0.25) is 5.91 Å². The zero-order valence-corrected chi connectivity index (χ0v) is 15.0. The van der Waals surface area contributed by atoms with Crippen LogP contribution in [0, 0.1) is 17.2 Å². The Bertz CT molecular complexity index is 901. The van der Waals surface area contributed by atoms with Crippen LogP contribution in [0.1, 0.15) is 18.4 Å². The minimum Gasteiger partial charge on any atom is -0.326 e. The van der Waals surface area contributed by atoms with Gasteiger partial charge in [-0.05, 0) is 42.5 Å². The molecule has 1 amide bonds. The molecule has 8 heteroatoms. The van der Waals surface area contributed by atoms with Crippen molar-refractivity contribution in [3.8, 4) is 6.07 Å². The van der Waals surface area contributed by atoms with E-state index in [0.29, 0.717) is 34.8 Å². The first-order valence-electron chi connectivity index (χ1n) is 7.85. The lowest BCUT2D eigenvalue weighted by Crippen LogP contribution is -2.43. The Labute approximate surface area is 150 Å². The number of rotatable bonds is 4. The smallest absolute Gasteiger partial charge is 0.252 e. The van der Waals surface area contributed by atoms with Gasteiger partial charge in [0.05, 0.1) is 17.6 Å². The van der Waals surface area contributed by atoms with Crippen molar-refractivity contribution in [3.05, 3.63) is 47.3 Å². The highest BCUT2D eigenvalue weighted by molar-refractivity contribution is 7.91. The summed E-state index contributed by atoms with van der Waals surface area (Å²) in [5, 5.41) is 13.4. The van der Waals surface area contributed by atoms with E-state index in [1.165, 1.54) is 15.6 Å². The molecular weight excluding hydrogens is 358 g/mol. The maximum absolute atomic E-state index is 12.6. The summed E-state index contributed by atoms with van der Waals surface area (Å²) in [6, 6.07) is 12.0. The molecule has 6 nitrogen and oxygen atoms in total. The fourth-order valence-electron chi connectivity index (χ4n) is 2.82. The molecule has 0 saturated carbocycles. The van der Waals surface area contributed by atoms with Crippen LogP contribution >= 0.6 is 11.3 Å². The summed E-state index contributed by atoms with van der Waals surface area (Å²) in [5.74, 6) is -0.629. The van der Waals surface area contributed by atoms with Crippen LogP contribution in [-0.2, 0) is 14.8 Å². The number of sulfonamides is 1. The molecule has 0 bridgehead atoms. The molecule has 1 aromatic carbocycles. The average Bonchev–Trinajstić information content (AvgIpc) is 3.17. The molecule has 1 N–H and O–H groups in total. The highest BCUT2D eigenvalue weighted by Crippen LogP contribution is 2.27. The predicted molar refractivity (Wildman–Crippen MR) is 95.6 cm³/mol. The molecule has 1 saturated heterocycles. The topological polar surface area (TPSA) is 90.3 Å². The van der Waals surface area contributed by atoms with E-state index in [9.17, 15) is 13.2 Å². The highest BCUT2D eigenvalue weighted by atomic mass is 32.2. The first kappa shape index (κ1) is 17.6. The Morgan fingerprint density at radius 2 is 2.16 bits per heavy atom. The van der Waals surface area contributed by atoms with E-state index in [2.05, 4.69) is 5.32 Å². The predicted octanol–water partition coefficient (Wildman–Crippen LogP) is 2.66. The van der Waals surface area contributed by atoms with Crippen molar-refractivity contribution in [2.24, 2.45) is 5.92 Å². The number of benzene rings is 1. The summed E-state index contributed by atoms with van der Waals surface area (Å²) in [7, 11) is -3.54. The summed E-state index contributed by atoms with van der Waals surface area (Å²) in [6.45, 7) is 0.595. The van der Waals surface area contributed by atoms with Crippen molar-refractivity contribution >= 4 is 33.0 Å². The van der Waals surface area contributed by atoms with Crippen LogP contribution in [0.2, 0.25) is 0 Å². The van der Waals surface area contributed by atoms with Crippen molar-refractivity contribution in [3.63, 3.8) is 0 Å². The number of nitrogens with one attached hydrogen (secondary N) is 1. The van der Waals surface area contributed by atoms with Crippen LogP contribution in [-0.4, -0.2) is 31.7 Å². The Balaban J connectivity index is 1.71. The Hall–Kier alpha value is -2.21. The minimum atomic E-state index is -3.54. The number of hydrogen-bond acceptors (Lipinski definition) is 5. The highest BCUT2D eigenvalue weighted by Gasteiger charge is 2.33. The third kappa shape index (κ3) is 3.90. The molecule has 1 unspecified atom stereocenters. The molecule has 25 heavy (non-hydrogen) atoms. The van der Waals surface area contributed by atoms with Crippen LogP contribution < -0.4 is 5.32 Å². The molecule has 1 aliphatic heterocycles. The van der Waals surface area contributed by atoms with Crippen LogP contribution in [0.15, 0.2) is 46.0 Å². The van der Waals surface area contributed by atoms with Crippen LogP contribution in [0.4, 0.5) is 5.69 Å². The number of piperidine rings is 1. The molecule has 1 aliphatic rings. The molecule has 2 aromatic rings. The van der Waals surface area contributed by atoms with Gasteiger partial charge in [0.25, 0.3) is 10.0 Å². The molecule has 1 fully saturated rings. The van der Waals surface area contributed by atoms with Gasteiger partial charge in [-0.15, -0.1) is 11.3 Å². The van der Waals surface area contributed by atoms with Crippen molar-refractivity contribution in [2.75, 3.05) is 18.4 Å². The molecule has 2 heterocycles. The first-order chi connectivity index (χ1) is 12.0. The van der Waals surface area contributed by atoms with Gasteiger partial charge in [-0.25, -0.2) is 8.42 Å². The van der Waals surface area contributed by atoms with Crippen LogP contribution in [0.5, 0.6) is 0 Å². The second-order valence-corrected chi connectivity index (χ2v) is 8.93. The summed E-state index contributed by atoms with van der Waals surface area (Å²) in [4.78, 5) is 12.5. The van der Waals surface area contributed by atoms with Crippen molar-refractivity contribution < 1.29 is 13.2 Å². The zero-order valence-electron chi connectivity index (χ0n) is 13.4. The standard InChI is InChI=1S/C17H17N3O3S2/c18-11-13-4-1-6-15(10-13)19-17(21)14-5-2-8-20(12-14)25(22,23)16-7-3-9-24-16/h1,3-4,6-7,9-10,14H,2,5,8,12H2,(H,19,21). The van der Waals surface area contributed by atoms with E-state index in [0.717, 1.165) is 0 Å². The van der Waals surface area contributed by atoms with Gasteiger partial charge in [0, 0.05) is 18.8 Å². The normalized spacial score (nSPS) is 18.4. The lowest BCUT2D eigenvalue weighted by Gasteiger charge is -2.30. The lowest BCUT2D eigenvalue weighted by molar-refractivity contribution is -0.120. The fourth-order valence-corrected chi connectivity index (χ4v) is 5.49. The van der Waals surface area contributed by atoms with Crippen molar-refractivity contribution in [1.29, 1.82) is 5.26 Å². The quantitative estimate of drug-likeness (QED) is 0.889. The summed E-state index contributed by atoms with van der Waals surface area (Å²) < 4.78 is 26.9. The number of nitrogens with zero attached hydrogens (tertiary/aromatic N) is 2. The van der Waals surface area contributed by atoms with Gasteiger partial charge < -0.3 is 5.32 Å². The van der Waals surface area contributed by atoms with E-state index >= 15 is 0 Å². The minimum absolute atomic E-state index is 0.171. The molecule has 1 atom stereocenters. The van der Waals surface area contributed by atoms with Crippen molar-refractivity contribution in [1.82, 2.24) is 4.31 Å². The number of nitriles is 1. The summed E-state index contributed by atoms with van der Waals surface area (Å²) >= 11 is 1.18. The number of anilines is 1. The third-order valence-corrected chi connectivity index (χ3v) is 7.34. The zero-order chi connectivity index (χ0) is 17.9. The third-order valence-electron chi connectivity index (χ3n) is 4.10. The van der Waals surface area contributed by atoms with Crippen LogP contribution in [0.25, 0.3) is 0 Å². The maximum atomic E-state index is 12.6. The van der Waals surface area contributed by atoms with E-state index in [1.807, 2.05) is 6.07 Å². The van der Waals surface area contributed by atoms with Gasteiger partial charge in [-0.2, -0.15) is 9.57 Å². The second kappa shape index (κ2) is 7.35. The number of hydrogen-bond donors (Lipinski definition) is 1. The Kier molecular flexibility index (Phi) is 5.18. The number of thiophene rings is 1. The maximum Gasteiger partial charge on any atom is 0.252 e. The molecule has 0 radical (unpaired) electrons. The van der Waals surface area contributed by atoms with Gasteiger partial charge in [0.1, 0.15) is 4.21 Å². The van der Waals surface area contributed by atoms with Gasteiger partial charge in [0.15, 0.2) is 0 Å². The van der Waals surface area contributed by atoms with Gasteiger partial charge in [-0.1, -0.05) is 12.1 Å². The van der Waals surface area contributed by atoms with E-state index < -0.39 is 15.9 Å². The van der Waals surface area contributed by atoms with Crippen molar-refractivity contribution in [2.45, 2.75) is 17.1 Å².